The molecule has 0 aliphatic carbocycles. The van der Waals surface area contributed by atoms with E-state index in [9.17, 15) is 19.3 Å². The summed E-state index contributed by atoms with van der Waals surface area (Å²) in [6.07, 6.45) is 0. The summed E-state index contributed by atoms with van der Waals surface area (Å²) >= 11 is 0. The van der Waals surface area contributed by atoms with Gasteiger partial charge in [0.15, 0.2) is 11.6 Å². The molecule has 0 amide bonds. The molecule has 1 rings (SSSR count). The monoisotopic (exact) mass is 199 g/mol. The molecule has 0 unspecified atom stereocenters. The molecule has 0 atom stereocenters. The number of hydrogen-bond acceptors (Lipinski definition) is 4. The fourth-order valence-electron chi connectivity index (χ4n) is 0.974. The lowest BCUT2D eigenvalue weighted by atomic mass is 10.1. The summed E-state index contributed by atoms with van der Waals surface area (Å²) in [7, 11) is 0. The highest BCUT2D eigenvalue weighted by molar-refractivity contribution is 5.95. The summed E-state index contributed by atoms with van der Waals surface area (Å²) in [5, 5.41) is 19.3. The molecule has 5 nitrogen and oxygen atoms in total. The Morgan fingerprint density at radius 1 is 1.57 bits per heavy atom. The first-order valence-electron chi connectivity index (χ1n) is 3.62. The number of aromatic hydroxyl groups is 1. The Morgan fingerprint density at radius 2 is 2.14 bits per heavy atom. The first-order valence-corrected chi connectivity index (χ1v) is 3.62. The number of rotatable bonds is 2. The van der Waals surface area contributed by atoms with E-state index in [1.165, 1.54) is 0 Å². The number of nitro benzene ring substituents is 1. The minimum Gasteiger partial charge on any atom is -0.500 e. The van der Waals surface area contributed by atoms with Crippen LogP contribution in [0.2, 0.25) is 0 Å². The highest BCUT2D eigenvalue weighted by atomic mass is 19.1. The van der Waals surface area contributed by atoms with Crippen LogP contribution in [-0.2, 0) is 0 Å². The molecule has 1 N–H and O–H groups in total. The number of halogens is 1. The van der Waals surface area contributed by atoms with E-state index in [2.05, 4.69) is 0 Å². The van der Waals surface area contributed by atoms with Gasteiger partial charge in [0.05, 0.1) is 10.5 Å². The Bertz CT molecular complexity index is 377. The van der Waals surface area contributed by atoms with Crippen molar-refractivity contribution in [2.24, 2.45) is 0 Å². The maximum Gasteiger partial charge on any atom is 0.313 e. The fourth-order valence-corrected chi connectivity index (χ4v) is 0.974. The minimum absolute atomic E-state index is 0.367. The molecular formula is C8H6FNO4. The van der Waals surface area contributed by atoms with Crippen LogP contribution in [0.25, 0.3) is 0 Å². The van der Waals surface area contributed by atoms with Crippen LogP contribution in [0.3, 0.4) is 0 Å². The molecule has 0 aromatic heterocycles. The van der Waals surface area contributed by atoms with E-state index >= 15 is 0 Å². The van der Waals surface area contributed by atoms with Gasteiger partial charge in [0.25, 0.3) is 0 Å². The maximum absolute atomic E-state index is 13.1. The number of phenols is 1. The smallest absolute Gasteiger partial charge is 0.313 e. The molecule has 74 valence electrons. The van der Waals surface area contributed by atoms with Gasteiger partial charge in [-0.3, -0.25) is 14.9 Å². The lowest BCUT2D eigenvalue weighted by Gasteiger charge is -2.01. The summed E-state index contributed by atoms with van der Waals surface area (Å²) in [6, 6.07) is 1.85. The Balaban J connectivity index is 3.41. The molecular weight excluding hydrogens is 193 g/mol. The minimum atomic E-state index is -1.26. The first-order chi connectivity index (χ1) is 6.45. The number of Topliss-reactive ketones (excluding diaryl/α,β-unsaturated/α-hetero) is 1. The average Bonchev–Trinajstić information content (AvgIpc) is 2.08. The third kappa shape index (κ3) is 1.54. The molecule has 0 saturated heterocycles. The Kier molecular flexibility index (Phi) is 2.46. The number of hydrogen-bond donors (Lipinski definition) is 1. The zero-order chi connectivity index (χ0) is 10.9. The normalized spacial score (nSPS) is 9.86. The van der Waals surface area contributed by atoms with Gasteiger partial charge in [-0.1, -0.05) is 0 Å². The molecule has 0 fully saturated rings. The van der Waals surface area contributed by atoms with Crippen molar-refractivity contribution >= 4 is 11.5 Å². The van der Waals surface area contributed by atoms with Crippen molar-refractivity contribution in [3.8, 4) is 5.75 Å². The first kappa shape index (κ1) is 10.1. The summed E-state index contributed by atoms with van der Waals surface area (Å²) in [5.41, 5.74) is -1.12. The van der Waals surface area contributed by atoms with E-state index in [1.54, 1.807) is 0 Å². The van der Waals surface area contributed by atoms with Gasteiger partial charge in [-0.2, -0.15) is 0 Å². The Labute approximate surface area is 77.9 Å². The zero-order valence-electron chi connectivity index (χ0n) is 7.15. The van der Waals surface area contributed by atoms with Crippen molar-refractivity contribution in [1.29, 1.82) is 0 Å². The number of carbonyl (C=O) groups excluding carboxylic acids is 1. The molecule has 0 aliphatic rings. The van der Waals surface area contributed by atoms with Crippen LogP contribution in [0.1, 0.15) is 17.3 Å². The van der Waals surface area contributed by atoms with Crippen molar-refractivity contribution in [2.45, 2.75) is 6.92 Å². The molecule has 0 saturated carbocycles. The second-order valence-corrected chi connectivity index (χ2v) is 2.61. The van der Waals surface area contributed by atoms with Gasteiger partial charge in [0.1, 0.15) is 0 Å². The molecule has 6 heteroatoms. The van der Waals surface area contributed by atoms with Crippen LogP contribution < -0.4 is 0 Å². The highest BCUT2D eigenvalue weighted by Gasteiger charge is 2.21. The summed E-state index contributed by atoms with van der Waals surface area (Å²) < 4.78 is 13.1. The van der Waals surface area contributed by atoms with Gasteiger partial charge in [0.2, 0.25) is 5.75 Å². The molecule has 1 aromatic rings. The number of carbonyl (C=O) groups is 1. The summed E-state index contributed by atoms with van der Waals surface area (Å²) in [4.78, 5) is 20.1. The summed E-state index contributed by atoms with van der Waals surface area (Å²) in [6.45, 7) is 1.10. The fraction of sp³-hybridized carbons (Fsp3) is 0.125. The number of phenolic OH excluding ortho intramolecular Hbond substituents is 1. The predicted molar refractivity (Wildman–Crippen MR) is 44.7 cm³/mol. The summed E-state index contributed by atoms with van der Waals surface area (Å²) in [5.74, 6) is -2.97. The molecule has 0 radical (unpaired) electrons. The van der Waals surface area contributed by atoms with Crippen LogP contribution >= 0.6 is 0 Å². The molecule has 1 aromatic carbocycles. The Hall–Kier alpha value is -1.98. The molecule has 0 bridgehead atoms. The van der Waals surface area contributed by atoms with E-state index in [4.69, 9.17) is 5.11 Å². The standard InChI is InChI=1S/C8H6FNO4/c1-4(11)5-2-3-6(10(13)14)8(12)7(5)9/h2-3,12H,1H3. The maximum atomic E-state index is 13.1. The zero-order valence-corrected chi connectivity index (χ0v) is 7.15. The molecule has 14 heavy (non-hydrogen) atoms. The van der Waals surface area contributed by atoms with Gasteiger partial charge >= 0.3 is 5.69 Å². The van der Waals surface area contributed by atoms with Crippen molar-refractivity contribution in [2.75, 3.05) is 0 Å². The number of benzene rings is 1. The molecule has 0 spiro atoms. The number of nitro groups is 1. The van der Waals surface area contributed by atoms with E-state index in [0.29, 0.717) is 0 Å². The van der Waals surface area contributed by atoms with Crippen molar-refractivity contribution in [3.63, 3.8) is 0 Å². The van der Waals surface area contributed by atoms with Gasteiger partial charge in [0, 0.05) is 6.07 Å². The SMILES string of the molecule is CC(=O)c1ccc([N+](=O)[O-])c(O)c1F. The lowest BCUT2D eigenvalue weighted by Crippen LogP contribution is -1.99. The molecule has 0 aliphatic heterocycles. The van der Waals surface area contributed by atoms with E-state index in [1.807, 2.05) is 0 Å². The molecule has 0 heterocycles. The van der Waals surface area contributed by atoms with Crippen LogP contribution in [0, 0.1) is 15.9 Å². The largest absolute Gasteiger partial charge is 0.500 e. The van der Waals surface area contributed by atoms with Crippen LogP contribution in [-0.4, -0.2) is 15.8 Å². The predicted octanol–water partition coefficient (Wildman–Crippen LogP) is 1.64. The van der Waals surface area contributed by atoms with Crippen LogP contribution in [0.5, 0.6) is 5.75 Å². The number of nitrogens with zero attached hydrogens (tertiary/aromatic N) is 1. The highest BCUT2D eigenvalue weighted by Crippen LogP contribution is 2.30. The third-order valence-corrected chi connectivity index (χ3v) is 1.67. The van der Waals surface area contributed by atoms with Crippen molar-refractivity contribution in [1.82, 2.24) is 0 Å². The van der Waals surface area contributed by atoms with Crippen LogP contribution in [0.4, 0.5) is 10.1 Å². The Morgan fingerprint density at radius 3 is 2.57 bits per heavy atom. The van der Waals surface area contributed by atoms with Gasteiger partial charge in [-0.15, -0.1) is 0 Å². The lowest BCUT2D eigenvalue weighted by molar-refractivity contribution is -0.386. The second kappa shape index (κ2) is 3.41. The van der Waals surface area contributed by atoms with E-state index < -0.39 is 28.0 Å². The number of ketones is 1. The second-order valence-electron chi connectivity index (χ2n) is 2.61. The quantitative estimate of drug-likeness (QED) is 0.446. The van der Waals surface area contributed by atoms with E-state index in [0.717, 1.165) is 19.1 Å². The van der Waals surface area contributed by atoms with Gasteiger partial charge < -0.3 is 5.11 Å². The van der Waals surface area contributed by atoms with Gasteiger partial charge in [-0.05, 0) is 13.0 Å². The topological polar surface area (TPSA) is 80.4 Å². The third-order valence-electron chi connectivity index (χ3n) is 1.67. The average molecular weight is 199 g/mol. The van der Waals surface area contributed by atoms with Crippen molar-refractivity contribution < 1.29 is 19.2 Å². The van der Waals surface area contributed by atoms with Crippen molar-refractivity contribution in [3.05, 3.63) is 33.6 Å². The van der Waals surface area contributed by atoms with E-state index in [-0.39, 0.29) is 5.56 Å². The van der Waals surface area contributed by atoms with Gasteiger partial charge in [-0.25, -0.2) is 4.39 Å². The van der Waals surface area contributed by atoms with Crippen LogP contribution in [0.15, 0.2) is 12.1 Å².